The van der Waals surface area contributed by atoms with Crippen molar-refractivity contribution >= 4 is 15.9 Å². The third-order valence-corrected chi connectivity index (χ3v) is 2.73. The Morgan fingerprint density at radius 3 is 2.88 bits per heavy atom. The summed E-state index contributed by atoms with van der Waals surface area (Å²) in [6.07, 6.45) is 1.65. The number of hydrogen-bond donors (Lipinski definition) is 2. The number of benzene rings is 1. The summed E-state index contributed by atoms with van der Waals surface area (Å²) in [6.45, 7) is 1.25. The number of halogens is 1. The molecule has 0 bridgehead atoms. The van der Waals surface area contributed by atoms with E-state index < -0.39 is 0 Å². The van der Waals surface area contributed by atoms with E-state index in [0.29, 0.717) is 18.8 Å². The van der Waals surface area contributed by atoms with Crippen molar-refractivity contribution in [1.82, 2.24) is 5.32 Å². The minimum absolute atomic E-state index is 0.301. The Hall–Kier alpha value is -1.26. The molecule has 0 amide bonds. The van der Waals surface area contributed by atoms with Crippen LogP contribution in [0.5, 0.6) is 5.75 Å². The van der Waals surface area contributed by atoms with Gasteiger partial charge < -0.3 is 14.8 Å². The number of hydrogen-bond acceptors (Lipinski definition) is 3. The molecule has 1 aromatic carbocycles. The minimum Gasteiger partial charge on any atom is -0.508 e. The van der Waals surface area contributed by atoms with Crippen LogP contribution < -0.4 is 5.32 Å². The van der Waals surface area contributed by atoms with Gasteiger partial charge in [-0.15, -0.1) is 0 Å². The SMILES string of the molecule is Oc1ccc(Br)cc1CNCc1ccco1. The standard InChI is InChI=1S/C12H12BrNO2/c13-10-3-4-12(15)9(6-10)7-14-8-11-2-1-5-16-11/h1-6,14-15H,7-8H2. The lowest BCUT2D eigenvalue weighted by Gasteiger charge is -2.06. The Kier molecular flexibility index (Phi) is 3.64. The largest absolute Gasteiger partial charge is 0.508 e. The third-order valence-electron chi connectivity index (χ3n) is 2.24. The van der Waals surface area contributed by atoms with Crippen LogP contribution in [0.2, 0.25) is 0 Å². The molecule has 2 aromatic rings. The van der Waals surface area contributed by atoms with Crippen molar-refractivity contribution in [1.29, 1.82) is 0 Å². The van der Waals surface area contributed by atoms with Gasteiger partial charge in [-0.25, -0.2) is 0 Å². The molecule has 0 aliphatic rings. The monoisotopic (exact) mass is 281 g/mol. The first-order valence-corrected chi connectivity index (χ1v) is 5.75. The van der Waals surface area contributed by atoms with Crippen LogP contribution in [0.15, 0.2) is 45.5 Å². The van der Waals surface area contributed by atoms with E-state index in [0.717, 1.165) is 15.8 Å². The van der Waals surface area contributed by atoms with Crippen molar-refractivity contribution in [3.05, 3.63) is 52.4 Å². The van der Waals surface area contributed by atoms with Gasteiger partial charge in [0.25, 0.3) is 0 Å². The molecule has 1 aromatic heterocycles. The van der Waals surface area contributed by atoms with Crippen LogP contribution in [-0.4, -0.2) is 5.11 Å². The first kappa shape index (κ1) is 11.2. The van der Waals surface area contributed by atoms with Crippen LogP contribution >= 0.6 is 15.9 Å². The Bertz CT molecular complexity index is 454. The number of rotatable bonds is 4. The molecule has 16 heavy (non-hydrogen) atoms. The quantitative estimate of drug-likeness (QED) is 0.906. The number of furan rings is 1. The lowest BCUT2D eigenvalue weighted by atomic mass is 10.2. The lowest BCUT2D eigenvalue weighted by molar-refractivity contribution is 0.456. The lowest BCUT2D eigenvalue weighted by Crippen LogP contribution is -2.12. The number of phenolic OH excluding ortho intramolecular Hbond substituents is 1. The molecule has 3 nitrogen and oxygen atoms in total. The maximum atomic E-state index is 9.61. The molecule has 4 heteroatoms. The van der Waals surface area contributed by atoms with E-state index >= 15 is 0 Å². The molecule has 0 spiro atoms. The van der Waals surface area contributed by atoms with Crippen LogP contribution in [0.3, 0.4) is 0 Å². The summed E-state index contributed by atoms with van der Waals surface area (Å²) < 4.78 is 6.15. The molecule has 0 unspecified atom stereocenters. The Labute approximate surface area is 102 Å². The molecule has 0 atom stereocenters. The first-order chi connectivity index (χ1) is 7.75. The van der Waals surface area contributed by atoms with Crippen molar-refractivity contribution in [2.45, 2.75) is 13.1 Å². The van der Waals surface area contributed by atoms with E-state index in [2.05, 4.69) is 21.2 Å². The van der Waals surface area contributed by atoms with E-state index in [-0.39, 0.29) is 0 Å². The maximum absolute atomic E-state index is 9.61. The molecule has 2 rings (SSSR count). The molecule has 1 heterocycles. The molecule has 0 aliphatic carbocycles. The van der Waals surface area contributed by atoms with Crippen molar-refractivity contribution in [3.63, 3.8) is 0 Å². The van der Waals surface area contributed by atoms with Crippen molar-refractivity contribution < 1.29 is 9.52 Å². The summed E-state index contributed by atoms with van der Waals surface area (Å²) in [7, 11) is 0. The zero-order chi connectivity index (χ0) is 11.4. The smallest absolute Gasteiger partial charge is 0.120 e. The van der Waals surface area contributed by atoms with Crippen LogP contribution in [0.1, 0.15) is 11.3 Å². The van der Waals surface area contributed by atoms with Gasteiger partial charge in [0.2, 0.25) is 0 Å². The minimum atomic E-state index is 0.301. The summed E-state index contributed by atoms with van der Waals surface area (Å²) in [5.41, 5.74) is 0.862. The fourth-order valence-electron chi connectivity index (χ4n) is 1.43. The van der Waals surface area contributed by atoms with Crippen molar-refractivity contribution in [2.24, 2.45) is 0 Å². The summed E-state index contributed by atoms with van der Waals surface area (Å²) >= 11 is 3.37. The second kappa shape index (κ2) is 5.18. The average molecular weight is 282 g/mol. The number of nitrogens with one attached hydrogen (secondary N) is 1. The molecule has 0 aliphatic heterocycles. The van der Waals surface area contributed by atoms with Crippen molar-refractivity contribution in [2.75, 3.05) is 0 Å². The molecule has 2 N–H and O–H groups in total. The number of phenols is 1. The summed E-state index contributed by atoms with van der Waals surface area (Å²) in [4.78, 5) is 0. The van der Waals surface area contributed by atoms with Gasteiger partial charge in [0, 0.05) is 16.6 Å². The fourth-order valence-corrected chi connectivity index (χ4v) is 1.84. The van der Waals surface area contributed by atoms with Gasteiger partial charge in [0.05, 0.1) is 12.8 Å². The summed E-state index contributed by atoms with van der Waals surface area (Å²) in [6, 6.07) is 9.14. The van der Waals surface area contributed by atoms with Crippen LogP contribution in [0.4, 0.5) is 0 Å². The van der Waals surface area contributed by atoms with Gasteiger partial charge in [0.1, 0.15) is 11.5 Å². The number of aromatic hydroxyl groups is 1. The first-order valence-electron chi connectivity index (χ1n) is 4.96. The molecule has 0 saturated carbocycles. The summed E-state index contributed by atoms with van der Waals surface area (Å²) in [5, 5.41) is 12.8. The fraction of sp³-hybridized carbons (Fsp3) is 0.167. The van der Waals surface area contributed by atoms with E-state index in [4.69, 9.17) is 4.42 Å². The van der Waals surface area contributed by atoms with Gasteiger partial charge in [-0.3, -0.25) is 0 Å². The summed E-state index contributed by atoms with van der Waals surface area (Å²) in [5.74, 6) is 1.18. The van der Waals surface area contributed by atoms with Gasteiger partial charge in [-0.05, 0) is 30.3 Å². The normalized spacial score (nSPS) is 10.6. The maximum Gasteiger partial charge on any atom is 0.120 e. The van der Waals surface area contributed by atoms with E-state index in [1.54, 1.807) is 12.3 Å². The van der Waals surface area contributed by atoms with Gasteiger partial charge in [-0.2, -0.15) is 0 Å². The zero-order valence-corrected chi connectivity index (χ0v) is 10.2. The van der Waals surface area contributed by atoms with Crippen LogP contribution in [0, 0.1) is 0 Å². The molecular weight excluding hydrogens is 270 g/mol. The van der Waals surface area contributed by atoms with Crippen LogP contribution in [0.25, 0.3) is 0 Å². The second-order valence-electron chi connectivity index (χ2n) is 3.46. The highest BCUT2D eigenvalue weighted by Gasteiger charge is 2.02. The highest BCUT2D eigenvalue weighted by Crippen LogP contribution is 2.21. The van der Waals surface area contributed by atoms with E-state index in [1.165, 1.54) is 0 Å². The Balaban J connectivity index is 1.92. The third kappa shape index (κ3) is 2.87. The Morgan fingerprint density at radius 1 is 1.25 bits per heavy atom. The topological polar surface area (TPSA) is 45.4 Å². The van der Waals surface area contributed by atoms with E-state index in [1.807, 2.05) is 24.3 Å². The van der Waals surface area contributed by atoms with Crippen LogP contribution in [-0.2, 0) is 13.1 Å². The molecule has 84 valence electrons. The molecule has 0 radical (unpaired) electrons. The predicted molar refractivity (Wildman–Crippen MR) is 65.1 cm³/mol. The predicted octanol–water partition coefficient (Wildman–Crippen LogP) is 3.04. The molecule has 0 fully saturated rings. The highest BCUT2D eigenvalue weighted by molar-refractivity contribution is 9.10. The van der Waals surface area contributed by atoms with Gasteiger partial charge in [-0.1, -0.05) is 15.9 Å². The van der Waals surface area contributed by atoms with Crippen molar-refractivity contribution in [3.8, 4) is 5.75 Å². The zero-order valence-electron chi connectivity index (χ0n) is 8.61. The van der Waals surface area contributed by atoms with Gasteiger partial charge in [0.15, 0.2) is 0 Å². The average Bonchev–Trinajstić information content (AvgIpc) is 2.76. The molecule has 0 saturated heterocycles. The van der Waals surface area contributed by atoms with Gasteiger partial charge >= 0.3 is 0 Å². The highest BCUT2D eigenvalue weighted by atomic mass is 79.9. The van der Waals surface area contributed by atoms with E-state index in [9.17, 15) is 5.11 Å². The Morgan fingerprint density at radius 2 is 2.12 bits per heavy atom. The second-order valence-corrected chi connectivity index (χ2v) is 4.37. The molecular formula is C12H12BrNO2.